The van der Waals surface area contributed by atoms with Crippen LogP contribution in [0, 0.1) is 0 Å². The molecule has 0 N–H and O–H groups in total. The van der Waals surface area contributed by atoms with Gasteiger partial charge < -0.3 is 9.30 Å². The number of ether oxygens (including phenoxy) is 1. The summed E-state index contributed by atoms with van der Waals surface area (Å²) in [5.41, 5.74) is 1.58. The number of imidazole rings is 1. The van der Waals surface area contributed by atoms with Crippen LogP contribution in [0.15, 0.2) is 55.1 Å². The summed E-state index contributed by atoms with van der Waals surface area (Å²) in [6.07, 6.45) is 5.37. The van der Waals surface area contributed by atoms with E-state index in [9.17, 15) is 4.79 Å². The quantitative estimate of drug-likeness (QED) is 0.684. The molecule has 3 aromatic rings. The molecule has 0 saturated heterocycles. The summed E-state index contributed by atoms with van der Waals surface area (Å²) in [5.74, 6) is -0.289. The number of nitrogens with zero attached hydrogens (tertiary/aromatic N) is 2. The first-order valence-corrected chi connectivity index (χ1v) is 6.47. The molecule has 3 rings (SSSR count). The number of esters is 1. The molecule has 0 atom stereocenters. The number of hydrogen-bond acceptors (Lipinski definition) is 3. The standard InChI is InChI=1S/C16H14N2O2/c1-2-20-16(19)13-4-3-12-5-6-15(10-14(12)9-13)18-8-7-17-11-18/h3-11H,2H2,1H3. The second kappa shape index (κ2) is 5.17. The molecule has 0 saturated carbocycles. The van der Waals surface area contributed by atoms with E-state index in [1.165, 1.54) is 0 Å². The van der Waals surface area contributed by atoms with Crippen molar-refractivity contribution in [3.05, 3.63) is 60.7 Å². The zero-order chi connectivity index (χ0) is 13.9. The first kappa shape index (κ1) is 12.4. The third-order valence-corrected chi connectivity index (χ3v) is 3.14. The van der Waals surface area contributed by atoms with Gasteiger partial charge in [0.15, 0.2) is 0 Å². The second-order valence-corrected chi connectivity index (χ2v) is 4.44. The molecule has 0 unspecified atom stereocenters. The molecule has 4 nitrogen and oxygen atoms in total. The van der Waals surface area contributed by atoms with E-state index in [2.05, 4.69) is 4.98 Å². The average Bonchev–Trinajstić information content (AvgIpc) is 3.00. The molecule has 0 radical (unpaired) electrons. The molecule has 0 bridgehead atoms. The van der Waals surface area contributed by atoms with Crippen LogP contribution in [0.2, 0.25) is 0 Å². The van der Waals surface area contributed by atoms with Crippen LogP contribution in [0.1, 0.15) is 17.3 Å². The summed E-state index contributed by atoms with van der Waals surface area (Å²) in [6, 6.07) is 11.7. The summed E-state index contributed by atoms with van der Waals surface area (Å²) in [6.45, 7) is 2.18. The van der Waals surface area contributed by atoms with Gasteiger partial charge in [0.05, 0.1) is 18.5 Å². The molecule has 0 aliphatic carbocycles. The lowest BCUT2D eigenvalue weighted by Crippen LogP contribution is -2.04. The maximum atomic E-state index is 11.8. The zero-order valence-corrected chi connectivity index (χ0v) is 11.1. The Balaban J connectivity index is 2.05. The van der Waals surface area contributed by atoms with Crippen LogP contribution in [0.4, 0.5) is 0 Å². The summed E-state index contributed by atoms with van der Waals surface area (Å²) >= 11 is 0. The van der Waals surface area contributed by atoms with Gasteiger partial charge in [-0.3, -0.25) is 0 Å². The lowest BCUT2D eigenvalue weighted by atomic mass is 10.1. The summed E-state index contributed by atoms with van der Waals surface area (Å²) in [5, 5.41) is 2.09. The average molecular weight is 266 g/mol. The van der Waals surface area contributed by atoms with E-state index in [0.29, 0.717) is 12.2 Å². The van der Waals surface area contributed by atoms with E-state index in [4.69, 9.17) is 4.74 Å². The molecule has 0 fully saturated rings. The molecule has 2 aromatic carbocycles. The zero-order valence-electron chi connectivity index (χ0n) is 11.1. The van der Waals surface area contributed by atoms with Gasteiger partial charge in [-0.05, 0) is 42.0 Å². The smallest absolute Gasteiger partial charge is 0.338 e. The number of aromatic nitrogens is 2. The first-order valence-electron chi connectivity index (χ1n) is 6.47. The third-order valence-electron chi connectivity index (χ3n) is 3.14. The van der Waals surface area contributed by atoms with E-state index in [0.717, 1.165) is 16.5 Å². The van der Waals surface area contributed by atoms with Crippen LogP contribution in [-0.4, -0.2) is 22.1 Å². The van der Waals surface area contributed by atoms with E-state index in [1.54, 1.807) is 25.5 Å². The fraction of sp³-hybridized carbons (Fsp3) is 0.125. The second-order valence-electron chi connectivity index (χ2n) is 4.44. The molecule has 0 aliphatic heterocycles. The minimum atomic E-state index is -0.289. The maximum absolute atomic E-state index is 11.8. The highest BCUT2D eigenvalue weighted by molar-refractivity contribution is 5.95. The number of rotatable bonds is 3. The van der Waals surface area contributed by atoms with Crippen LogP contribution in [0.5, 0.6) is 0 Å². The lowest BCUT2D eigenvalue weighted by Gasteiger charge is -2.06. The predicted molar refractivity (Wildman–Crippen MR) is 77.0 cm³/mol. The molecule has 0 aliphatic rings. The third kappa shape index (κ3) is 2.28. The maximum Gasteiger partial charge on any atom is 0.338 e. The molecule has 1 aromatic heterocycles. The van der Waals surface area contributed by atoms with Crippen LogP contribution in [-0.2, 0) is 4.74 Å². The van der Waals surface area contributed by atoms with E-state index in [-0.39, 0.29) is 5.97 Å². The minimum Gasteiger partial charge on any atom is -0.462 e. The number of hydrogen-bond donors (Lipinski definition) is 0. The summed E-state index contributed by atoms with van der Waals surface area (Å²) in [4.78, 5) is 15.8. The van der Waals surface area contributed by atoms with Crippen molar-refractivity contribution >= 4 is 16.7 Å². The fourth-order valence-electron chi connectivity index (χ4n) is 2.15. The van der Waals surface area contributed by atoms with Gasteiger partial charge in [-0.25, -0.2) is 9.78 Å². The monoisotopic (exact) mass is 266 g/mol. The highest BCUT2D eigenvalue weighted by atomic mass is 16.5. The van der Waals surface area contributed by atoms with Gasteiger partial charge in [-0.15, -0.1) is 0 Å². The van der Waals surface area contributed by atoms with Crippen molar-refractivity contribution < 1.29 is 9.53 Å². The van der Waals surface area contributed by atoms with Gasteiger partial charge in [-0.1, -0.05) is 12.1 Å². The van der Waals surface area contributed by atoms with Crippen LogP contribution in [0.25, 0.3) is 16.5 Å². The summed E-state index contributed by atoms with van der Waals surface area (Å²) < 4.78 is 6.95. The number of benzene rings is 2. The molecule has 20 heavy (non-hydrogen) atoms. The normalized spacial score (nSPS) is 10.7. The van der Waals surface area contributed by atoms with Gasteiger partial charge in [0.2, 0.25) is 0 Å². The fourth-order valence-corrected chi connectivity index (χ4v) is 2.15. The Labute approximate surface area is 116 Å². The Morgan fingerprint density at radius 2 is 2.05 bits per heavy atom. The highest BCUT2D eigenvalue weighted by Crippen LogP contribution is 2.20. The van der Waals surface area contributed by atoms with Gasteiger partial charge >= 0.3 is 5.97 Å². The minimum absolute atomic E-state index is 0.289. The van der Waals surface area contributed by atoms with Crippen molar-refractivity contribution in [2.45, 2.75) is 6.92 Å². The van der Waals surface area contributed by atoms with E-state index < -0.39 is 0 Å². The van der Waals surface area contributed by atoms with E-state index in [1.807, 2.05) is 41.1 Å². The van der Waals surface area contributed by atoms with Gasteiger partial charge in [0, 0.05) is 18.1 Å². The van der Waals surface area contributed by atoms with Crippen molar-refractivity contribution in [2.75, 3.05) is 6.61 Å². The van der Waals surface area contributed by atoms with Crippen LogP contribution >= 0.6 is 0 Å². The first-order chi connectivity index (χ1) is 9.78. The molecule has 100 valence electrons. The Kier molecular flexibility index (Phi) is 3.21. The van der Waals surface area contributed by atoms with Gasteiger partial charge in [0.1, 0.15) is 0 Å². The summed E-state index contributed by atoms with van der Waals surface area (Å²) in [7, 11) is 0. The molecular formula is C16H14N2O2. The lowest BCUT2D eigenvalue weighted by molar-refractivity contribution is 0.0526. The number of carbonyl (C=O) groups is 1. The number of carbonyl (C=O) groups excluding carboxylic acids is 1. The van der Waals surface area contributed by atoms with Gasteiger partial charge in [0.25, 0.3) is 0 Å². The van der Waals surface area contributed by atoms with Crippen molar-refractivity contribution in [1.29, 1.82) is 0 Å². The Hall–Kier alpha value is -2.62. The predicted octanol–water partition coefficient (Wildman–Crippen LogP) is 3.20. The molecule has 0 spiro atoms. The van der Waals surface area contributed by atoms with Crippen molar-refractivity contribution in [3.63, 3.8) is 0 Å². The van der Waals surface area contributed by atoms with Crippen LogP contribution in [0.3, 0.4) is 0 Å². The SMILES string of the molecule is CCOC(=O)c1ccc2ccc(-n3ccnc3)cc2c1. The molecular weight excluding hydrogens is 252 g/mol. The van der Waals surface area contributed by atoms with Crippen molar-refractivity contribution in [3.8, 4) is 5.69 Å². The van der Waals surface area contributed by atoms with Gasteiger partial charge in [-0.2, -0.15) is 0 Å². The number of fused-ring (bicyclic) bond motifs is 1. The largest absolute Gasteiger partial charge is 0.462 e. The highest BCUT2D eigenvalue weighted by Gasteiger charge is 2.07. The Morgan fingerprint density at radius 3 is 2.80 bits per heavy atom. The van der Waals surface area contributed by atoms with E-state index >= 15 is 0 Å². The van der Waals surface area contributed by atoms with Crippen molar-refractivity contribution in [2.24, 2.45) is 0 Å². The molecule has 4 heteroatoms. The van der Waals surface area contributed by atoms with Crippen LogP contribution < -0.4 is 0 Å². The Morgan fingerprint density at radius 1 is 1.20 bits per heavy atom. The molecule has 1 heterocycles. The Bertz CT molecular complexity index is 748. The topological polar surface area (TPSA) is 44.1 Å². The molecule has 0 amide bonds. The van der Waals surface area contributed by atoms with Crippen molar-refractivity contribution in [1.82, 2.24) is 9.55 Å².